The lowest BCUT2D eigenvalue weighted by Crippen LogP contribution is -2.14. The number of anilines is 2. The lowest BCUT2D eigenvalue weighted by atomic mass is 10.2. The predicted octanol–water partition coefficient (Wildman–Crippen LogP) is 1.91. The smallest absolute Gasteiger partial charge is 0.225 e. The molecule has 0 bridgehead atoms. The van der Waals surface area contributed by atoms with Gasteiger partial charge in [0.05, 0.1) is 6.61 Å². The van der Waals surface area contributed by atoms with Gasteiger partial charge in [0.15, 0.2) is 0 Å². The van der Waals surface area contributed by atoms with E-state index in [1.54, 1.807) is 6.07 Å². The van der Waals surface area contributed by atoms with Gasteiger partial charge in [0.25, 0.3) is 0 Å². The third kappa shape index (κ3) is 5.27. The maximum atomic E-state index is 5.58. The van der Waals surface area contributed by atoms with Crippen LogP contribution in [-0.2, 0) is 4.74 Å². The summed E-state index contributed by atoms with van der Waals surface area (Å²) in [6.07, 6.45) is 0. The first-order valence-electron chi connectivity index (χ1n) is 5.19. The van der Waals surface area contributed by atoms with Crippen LogP contribution in [0.2, 0.25) is 0 Å². The number of nitrogen functional groups attached to an aromatic ring is 1. The number of aromatic nitrogens is 2. The molecule has 0 radical (unpaired) electrons. The van der Waals surface area contributed by atoms with E-state index in [-0.39, 0.29) is 0 Å². The Kier molecular flexibility index (Phi) is 5.48. The third-order valence-electron chi connectivity index (χ3n) is 1.70. The first-order chi connectivity index (χ1) is 7.58. The minimum absolute atomic E-state index is 0.437. The van der Waals surface area contributed by atoms with E-state index in [1.807, 2.05) is 0 Å². The molecule has 0 amide bonds. The van der Waals surface area contributed by atoms with Crippen molar-refractivity contribution in [2.24, 2.45) is 5.92 Å². The molecule has 1 heterocycles. The maximum Gasteiger partial charge on any atom is 0.225 e. The molecular formula is C10H17BrN4O. The van der Waals surface area contributed by atoms with E-state index in [2.05, 4.69) is 45.1 Å². The van der Waals surface area contributed by atoms with Crippen molar-refractivity contribution in [1.29, 1.82) is 0 Å². The molecule has 0 aliphatic heterocycles. The molecule has 90 valence electrons. The van der Waals surface area contributed by atoms with Gasteiger partial charge in [0, 0.05) is 19.2 Å². The molecule has 0 spiro atoms. The number of ether oxygens (including phenoxy) is 1. The average molecular weight is 289 g/mol. The van der Waals surface area contributed by atoms with Gasteiger partial charge in [-0.3, -0.25) is 0 Å². The summed E-state index contributed by atoms with van der Waals surface area (Å²) in [5, 5.41) is 3.04. The number of halogens is 1. The average Bonchev–Trinajstić information content (AvgIpc) is 2.15. The van der Waals surface area contributed by atoms with Gasteiger partial charge in [0.2, 0.25) is 5.95 Å². The molecule has 0 saturated heterocycles. The number of nitrogens with two attached hydrogens (primary N) is 1. The maximum absolute atomic E-state index is 5.58. The summed E-state index contributed by atoms with van der Waals surface area (Å²) in [5.74, 6) is 1.50. The van der Waals surface area contributed by atoms with Gasteiger partial charge in [-0.1, -0.05) is 13.8 Å². The Morgan fingerprint density at radius 3 is 2.88 bits per heavy atom. The quantitative estimate of drug-likeness (QED) is 0.618. The van der Waals surface area contributed by atoms with Crippen LogP contribution in [-0.4, -0.2) is 29.7 Å². The number of nitrogens with one attached hydrogen (secondary N) is 1. The Balaban J connectivity index is 2.26. The van der Waals surface area contributed by atoms with Gasteiger partial charge < -0.3 is 15.8 Å². The fourth-order valence-electron chi connectivity index (χ4n) is 1.07. The third-order valence-corrected chi connectivity index (χ3v) is 2.10. The van der Waals surface area contributed by atoms with E-state index in [1.165, 1.54) is 0 Å². The summed E-state index contributed by atoms with van der Waals surface area (Å²) in [6, 6.07) is 1.65. The van der Waals surface area contributed by atoms with Crippen LogP contribution in [0.4, 0.5) is 11.8 Å². The number of rotatable bonds is 6. The molecule has 0 aliphatic rings. The molecule has 0 saturated carbocycles. The van der Waals surface area contributed by atoms with Crippen molar-refractivity contribution in [3.05, 3.63) is 10.7 Å². The summed E-state index contributed by atoms with van der Waals surface area (Å²) in [6.45, 7) is 6.30. The zero-order chi connectivity index (χ0) is 12.0. The molecule has 0 unspecified atom stereocenters. The van der Waals surface area contributed by atoms with Crippen LogP contribution >= 0.6 is 15.9 Å². The molecule has 0 atom stereocenters. The van der Waals surface area contributed by atoms with E-state index in [9.17, 15) is 0 Å². The van der Waals surface area contributed by atoms with Crippen LogP contribution in [0.15, 0.2) is 10.7 Å². The Labute approximate surface area is 104 Å². The largest absolute Gasteiger partial charge is 0.383 e. The van der Waals surface area contributed by atoms with Crippen molar-refractivity contribution in [2.75, 3.05) is 30.8 Å². The molecule has 1 aromatic heterocycles. The van der Waals surface area contributed by atoms with E-state index in [0.29, 0.717) is 35.4 Å². The SMILES string of the molecule is CC(C)COCCNc1nc(N)cc(Br)n1. The van der Waals surface area contributed by atoms with Crippen molar-refractivity contribution in [3.63, 3.8) is 0 Å². The monoisotopic (exact) mass is 288 g/mol. The Morgan fingerprint density at radius 2 is 2.25 bits per heavy atom. The van der Waals surface area contributed by atoms with Crippen LogP contribution in [0.3, 0.4) is 0 Å². The summed E-state index contributed by atoms with van der Waals surface area (Å²) in [5.41, 5.74) is 5.58. The van der Waals surface area contributed by atoms with Crippen molar-refractivity contribution >= 4 is 27.7 Å². The Morgan fingerprint density at radius 1 is 1.50 bits per heavy atom. The van der Waals surface area contributed by atoms with Gasteiger partial charge in [-0.2, -0.15) is 4.98 Å². The second-order valence-electron chi connectivity index (χ2n) is 3.83. The fourth-order valence-corrected chi connectivity index (χ4v) is 1.47. The lowest BCUT2D eigenvalue weighted by Gasteiger charge is -2.08. The van der Waals surface area contributed by atoms with Crippen LogP contribution in [0.1, 0.15) is 13.8 Å². The molecule has 1 rings (SSSR count). The molecule has 1 aromatic rings. The number of hydrogen-bond acceptors (Lipinski definition) is 5. The summed E-state index contributed by atoms with van der Waals surface area (Å²) < 4.78 is 6.09. The first kappa shape index (κ1) is 13.2. The van der Waals surface area contributed by atoms with Crippen LogP contribution in [0.5, 0.6) is 0 Å². The van der Waals surface area contributed by atoms with Crippen molar-refractivity contribution < 1.29 is 4.74 Å². The summed E-state index contributed by atoms with van der Waals surface area (Å²) in [4.78, 5) is 8.16. The second-order valence-corrected chi connectivity index (χ2v) is 4.65. The molecule has 3 N–H and O–H groups in total. The highest BCUT2D eigenvalue weighted by molar-refractivity contribution is 9.10. The summed E-state index contributed by atoms with van der Waals surface area (Å²) >= 11 is 3.25. The molecule has 0 fully saturated rings. The standard InChI is InChI=1S/C10H17BrN4O/c1-7(2)6-16-4-3-13-10-14-8(11)5-9(12)15-10/h5,7H,3-4,6H2,1-2H3,(H3,12,13,14,15). The minimum Gasteiger partial charge on any atom is -0.383 e. The zero-order valence-corrected chi connectivity index (χ0v) is 11.1. The minimum atomic E-state index is 0.437. The molecule has 6 heteroatoms. The van der Waals surface area contributed by atoms with E-state index >= 15 is 0 Å². The highest BCUT2D eigenvalue weighted by Crippen LogP contribution is 2.11. The van der Waals surface area contributed by atoms with E-state index in [0.717, 1.165) is 6.61 Å². The molecule has 0 aliphatic carbocycles. The normalized spacial score (nSPS) is 10.8. The first-order valence-corrected chi connectivity index (χ1v) is 5.99. The Bertz CT molecular complexity index is 312. The zero-order valence-electron chi connectivity index (χ0n) is 9.53. The number of hydrogen-bond donors (Lipinski definition) is 2. The summed E-state index contributed by atoms with van der Waals surface area (Å²) in [7, 11) is 0. The Hall–Kier alpha value is -0.880. The molecule has 5 nitrogen and oxygen atoms in total. The van der Waals surface area contributed by atoms with Crippen LogP contribution in [0.25, 0.3) is 0 Å². The lowest BCUT2D eigenvalue weighted by molar-refractivity contribution is 0.118. The van der Waals surface area contributed by atoms with Crippen LogP contribution in [0, 0.1) is 5.92 Å². The fraction of sp³-hybridized carbons (Fsp3) is 0.600. The second kappa shape index (κ2) is 6.65. The van der Waals surface area contributed by atoms with Crippen molar-refractivity contribution in [2.45, 2.75) is 13.8 Å². The van der Waals surface area contributed by atoms with E-state index < -0.39 is 0 Å². The molecule has 16 heavy (non-hydrogen) atoms. The molecule has 0 aromatic carbocycles. The van der Waals surface area contributed by atoms with Gasteiger partial charge in [-0.05, 0) is 21.8 Å². The van der Waals surface area contributed by atoms with E-state index in [4.69, 9.17) is 10.5 Å². The van der Waals surface area contributed by atoms with Crippen molar-refractivity contribution in [1.82, 2.24) is 9.97 Å². The van der Waals surface area contributed by atoms with Gasteiger partial charge >= 0.3 is 0 Å². The predicted molar refractivity (Wildman–Crippen MR) is 68.3 cm³/mol. The van der Waals surface area contributed by atoms with Crippen LogP contribution < -0.4 is 11.1 Å². The number of nitrogens with zero attached hydrogens (tertiary/aromatic N) is 2. The topological polar surface area (TPSA) is 73.1 Å². The van der Waals surface area contributed by atoms with Gasteiger partial charge in [-0.25, -0.2) is 4.98 Å². The molecular weight excluding hydrogens is 272 g/mol. The van der Waals surface area contributed by atoms with Gasteiger partial charge in [0.1, 0.15) is 10.4 Å². The highest BCUT2D eigenvalue weighted by atomic mass is 79.9. The van der Waals surface area contributed by atoms with Gasteiger partial charge in [-0.15, -0.1) is 0 Å². The highest BCUT2D eigenvalue weighted by Gasteiger charge is 2.00. The van der Waals surface area contributed by atoms with Crippen molar-refractivity contribution in [3.8, 4) is 0 Å².